The summed E-state index contributed by atoms with van der Waals surface area (Å²) in [4.78, 5) is 27.1. The number of carbonyl (C=O) groups excluding carboxylic acids is 2. The van der Waals surface area contributed by atoms with Gasteiger partial charge in [-0.05, 0) is 67.8 Å². The van der Waals surface area contributed by atoms with Gasteiger partial charge in [0.15, 0.2) is 0 Å². The maximum absolute atomic E-state index is 12.9. The van der Waals surface area contributed by atoms with Crippen LogP contribution in [0, 0.1) is 6.92 Å². The molecule has 0 spiro atoms. The molecule has 8 heteroatoms. The number of amides is 2. The van der Waals surface area contributed by atoms with Gasteiger partial charge in [-0.25, -0.2) is 8.42 Å². The predicted octanol–water partition coefficient (Wildman–Crippen LogP) is 3.83. The maximum atomic E-state index is 12.9. The highest BCUT2D eigenvalue weighted by Gasteiger charge is 2.25. The molecular formula is C26H27N3O4S. The fourth-order valence-corrected chi connectivity index (χ4v) is 5.07. The Morgan fingerprint density at radius 1 is 0.824 bits per heavy atom. The van der Waals surface area contributed by atoms with Crippen LogP contribution in [0.25, 0.3) is 0 Å². The zero-order chi connectivity index (χ0) is 24.1. The standard InChI is InChI=1S/C26H27N3O4S/c1-19-7-5-6-10-24(19)28-34(32,33)23-13-11-21(12-14-23)26(31)29-17-15-22(16-18-29)27-25(30)20-8-3-2-4-9-20/h2-14,22,28H,15-18H2,1H3,(H,27,30). The van der Waals surface area contributed by atoms with E-state index in [9.17, 15) is 18.0 Å². The molecule has 0 atom stereocenters. The first kappa shape index (κ1) is 23.5. The Labute approximate surface area is 199 Å². The highest BCUT2D eigenvalue weighted by atomic mass is 32.2. The Kier molecular flexibility index (Phi) is 6.98. The van der Waals surface area contributed by atoms with Gasteiger partial charge >= 0.3 is 0 Å². The lowest BCUT2D eigenvalue weighted by Gasteiger charge is -2.32. The number of benzene rings is 3. The lowest BCUT2D eigenvalue weighted by molar-refractivity contribution is 0.0698. The number of hydrogen-bond acceptors (Lipinski definition) is 4. The van der Waals surface area contributed by atoms with E-state index < -0.39 is 10.0 Å². The van der Waals surface area contributed by atoms with Gasteiger partial charge in [0, 0.05) is 30.3 Å². The molecule has 3 aromatic rings. The van der Waals surface area contributed by atoms with Crippen molar-refractivity contribution in [2.24, 2.45) is 0 Å². The molecule has 3 aromatic carbocycles. The highest BCUT2D eigenvalue weighted by Crippen LogP contribution is 2.21. The molecule has 34 heavy (non-hydrogen) atoms. The van der Waals surface area contributed by atoms with Crippen LogP contribution in [0.2, 0.25) is 0 Å². The smallest absolute Gasteiger partial charge is 0.261 e. The fourth-order valence-electron chi connectivity index (χ4n) is 3.94. The minimum Gasteiger partial charge on any atom is -0.349 e. The van der Waals surface area contributed by atoms with Gasteiger partial charge in [-0.2, -0.15) is 0 Å². The Morgan fingerprint density at radius 2 is 1.44 bits per heavy atom. The molecule has 0 saturated carbocycles. The number of carbonyl (C=O) groups is 2. The number of nitrogens with zero attached hydrogens (tertiary/aromatic N) is 1. The molecule has 2 amide bonds. The molecular weight excluding hydrogens is 450 g/mol. The van der Waals surface area contributed by atoms with Gasteiger partial charge in [-0.15, -0.1) is 0 Å². The first-order valence-electron chi connectivity index (χ1n) is 11.2. The van der Waals surface area contributed by atoms with E-state index in [0.717, 1.165) is 5.56 Å². The molecule has 176 valence electrons. The van der Waals surface area contributed by atoms with E-state index in [0.29, 0.717) is 42.7 Å². The monoisotopic (exact) mass is 477 g/mol. The molecule has 4 rings (SSSR count). The number of rotatable bonds is 6. The summed E-state index contributed by atoms with van der Waals surface area (Å²) in [6.07, 6.45) is 1.33. The van der Waals surface area contributed by atoms with Crippen LogP contribution in [-0.4, -0.2) is 44.3 Å². The summed E-state index contributed by atoms with van der Waals surface area (Å²) >= 11 is 0. The van der Waals surface area contributed by atoms with Crippen molar-refractivity contribution in [1.29, 1.82) is 0 Å². The van der Waals surface area contributed by atoms with Crippen LogP contribution in [0.5, 0.6) is 0 Å². The summed E-state index contributed by atoms with van der Waals surface area (Å²) < 4.78 is 28.0. The topological polar surface area (TPSA) is 95.6 Å². The molecule has 0 aromatic heterocycles. The Morgan fingerprint density at radius 3 is 2.09 bits per heavy atom. The average molecular weight is 478 g/mol. The summed E-state index contributed by atoms with van der Waals surface area (Å²) in [6, 6.07) is 22.2. The van der Waals surface area contributed by atoms with Gasteiger partial charge in [0.25, 0.3) is 21.8 Å². The summed E-state index contributed by atoms with van der Waals surface area (Å²) in [6.45, 7) is 2.87. The van der Waals surface area contributed by atoms with E-state index in [4.69, 9.17) is 0 Å². The third-order valence-electron chi connectivity index (χ3n) is 5.95. The van der Waals surface area contributed by atoms with Gasteiger partial charge in [0.1, 0.15) is 0 Å². The van der Waals surface area contributed by atoms with Crippen LogP contribution in [0.4, 0.5) is 5.69 Å². The SMILES string of the molecule is Cc1ccccc1NS(=O)(=O)c1ccc(C(=O)N2CCC(NC(=O)c3ccccc3)CC2)cc1. The summed E-state index contributed by atoms with van der Waals surface area (Å²) in [5, 5.41) is 3.03. The number of likely N-dealkylation sites (tertiary alicyclic amines) is 1. The first-order valence-corrected chi connectivity index (χ1v) is 12.7. The molecule has 7 nitrogen and oxygen atoms in total. The van der Waals surface area contributed by atoms with E-state index in [1.807, 2.05) is 37.3 Å². The highest BCUT2D eigenvalue weighted by molar-refractivity contribution is 7.92. The molecule has 1 aliphatic heterocycles. The van der Waals surface area contributed by atoms with Crippen LogP contribution >= 0.6 is 0 Å². The zero-order valence-corrected chi connectivity index (χ0v) is 19.7. The molecule has 0 unspecified atom stereocenters. The molecule has 2 N–H and O–H groups in total. The number of anilines is 1. The molecule has 1 saturated heterocycles. The quantitative estimate of drug-likeness (QED) is 0.564. The van der Waals surface area contributed by atoms with Crippen molar-refractivity contribution < 1.29 is 18.0 Å². The fraction of sp³-hybridized carbons (Fsp3) is 0.231. The van der Waals surface area contributed by atoms with Crippen LogP contribution < -0.4 is 10.0 Å². The molecule has 0 bridgehead atoms. The second-order valence-corrected chi connectivity index (χ2v) is 10.0. The average Bonchev–Trinajstić information content (AvgIpc) is 2.86. The maximum Gasteiger partial charge on any atom is 0.261 e. The number of nitrogens with one attached hydrogen (secondary N) is 2. The number of para-hydroxylation sites is 1. The van der Waals surface area contributed by atoms with E-state index in [1.54, 1.807) is 29.2 Å². The second kappa shape index (κ2) is 10.1. The van der Waals surface area contributed by atoms with Gasteiger partial charge in [0.2, 0.25) is 0 Å². The molecule has 0 radical (unpaired) electrons. The van der Waals surface area contributed by atoms with E-state index in [2.05, 4.69) is 10.0 Å². The van der Waals surface area contributed by atoms with Gasteiger partial charge < -0.3 is 10.2 Å². The summed E-state index contributed by atoms with van der Waals surface area (Å²) in [5.41, 5.74) is 2.39. The van der Waals surface area contributed by atoms with Gasteiger partial charge in [-0.1, -0.05) is 36.4 Å². The number of hydrogen-bond donors (Lipinski definition) is 2. The van der Waals surface area contributed by atoms with Crippen LogP contribution in [0.3, 0.4) is 0 Å². The molecule has 1 aliphatic rings. The lowest BCUT2D eigenvalue weighted by Crippen LogP contribution is -2.46. The van der Waals surface area contributed by atoms with Crippen molar-refractivity contribution in [3.8, 4) is 0 Å². The molecule has 1 heterocycles. The largest absolute Gasteiger partial charge is 0.349 e. The Hall–Kier alpha value is -3.65. The first-order chi connectivity index (χ1) is 16.3. The summed E-state index contributed by atoms with van der Waals surface area (Å²) in [7, 11) is -3.76. The predicted molar refractivity (Wildman–Crippen MR) is 131 cm³/mol. The van der Waals surface area contributed by atoms with Crippen molar-refractivity contribution in [2.45, 2.75) is 30.7 Å². The van der Waals surface area contributed by atoms with Crippen molar-refractivity contribution in [3.05, 3.63) is 95.6 Å². The molecule has 1 fully saturated rings. The molecule has 0 aliphatic carbocycles. The van der Waals surface area contributed by atoms with Gasteiger partial charge in [-0.3, -0.25) is 14.3 Å². The second-order valence-electron chi connectivity index (χ2n) is 8.35. The van der Waals surface area contributed by atoms with E-state index >= 15 is 0 Å². The Bertz CT molecular complexity index is 1270. The number of sulfonamides is 1. The van der Waals surface area contributed by atoms with Crippen molar-refractivity contribution in [1.82, 2.24) is 10.2 Å². The third kappa shape index (κ3) is 5.46. The van der Waals surface area contributed by atoms with Crippen LogP contribution in [-0.2, 0) is 10.0 Å². The van der Waals surface area contributed by atoms with Crippen molar-refractivity contribution >= 4 is 27.5 Å². The van der Waals surface area contributed by atoms with E-state index in [-0.39, 0.29) is 22.8 Å². The van der Waals surface area contributed by atoms with Gasteiger partial charge in [0.05, 0.1) is 10.6 Å². The lowest BCUT2D eigenvalue weighted by atomic mass is 10.0. The van der Waals surface area contributed by atoms with Crippen molar-refractivity contribution in [2.75, 3.05) is 17.8 Å². The van der Waals surface area contributed by atoms with E-state index in [1.165, 1.54) is 24.3 Å². The third-order valence-corrected chi connectivity index (χ3v) is 7.34. The minimum atomic E-state index is -3.76. The van der Waals surface area contributed by atoms with Crippen molar-refractivity contribution in [3.63, 3.8) is 0 Å². The van der Waals surface area contributed by atoms with Crippen LogP contribution in [0.1, 0.15) is 39.1 Å². The Balaban J connectivity index is 1.34. The number of piperidine rings is 1. The normalized spacial score (nSPS) is 14.4. The zero-order valence-electron chi connectivity index (χ0n) is 18.9. The minimum absolute atomic E-state index is 0.0109. The number of aryl methyl sites for hydroxylation is 1. The van der Waals surface area contributed by atoms with Crippen LogP contribution in [0.15, 0.2) is 83.8 Å². The summed E-state index contributed by atoms with van der Waals surface area (Å²) in [5.74, 6) is -0.259.